The lowest BCUT2D eigenvalue weighted by molar-refractivity contribution is 0.0458. The molecule has 1 unspecified atom stereocenters. The van der Waals surface area contributed by atoms with Crippen molar-refractivity contribution in [1.82, 2.24) is 4.90 Å². The fourth-order valence-corrected chi connectivity index (χ4v) is 1.78. The predicted molar refractivity (Wildman–Crippen MR) is 63.9 cm³/mol. The maximum atomic E-state index is 13.4. The molecule has 0 bridgehead atoms. The number of anilines is 1. The highest BCUT2D eigenvalue weighted by Gasteiger charge is 2.28. The third-order valence-corrected chi connectivity index (χ3v) is 2.51. The predicted octanol–water partition coefficient (Wildman–Crippen LogP) is 2.11. The molecule has 3 nitrogen and oxygen atoms in total. The number of nitrogens with one attached hydrogen (secondary N) is 1. The number of hydrogen-bond acceptors (Lipinski definition) is 3. The van der Waals surface area contributed by atoms with Crippen LogP contribution in [0.1, 0.15) is 6.92 Å². The van der Waals surface area contributed by atoms with E-state index in [4.69, 9.17) is 0 Å². The zero-order chi connectivity index (χ0) is 15.7. The minimum atomic E-state index is -2.22. The van der Waals surface area contributed by atoms with Crippen molar-refractivity contribution in [3.05, 3.63) is 29.1 Å². The minimum Gasteiger partial charge on any atom is -0.387 e. The quantitative estimate of drug-likeness (QED) is 0.496. The Morgan fingerprint density at radius 3 is 1.75 bits per heavy atom. The van der Waals surface area contributed by atoms with Crippen molar-refractivity contribution in [3.8, 4) is 0 Å². The number of halogens is 5. The van der Waals surface area contributed by atoms with Gasteiger partial charge in [0.1, 0.15) is 5.69 Å². The largest absolute Gasteiger partial charge is 0.387 e. The van der Waals surface area contributed by atoms with Crippen molar-refractivity contribution in [2.75, 3.05) is 32.5 Å². The molecule has 2 N–H and O–H groups in total. The highest BCUT2D eigenvalue weighted by atomic mass is 19.2. The second kappa shape index (κ2) is 5.92. The molecule has 0 aromatic heterocycles. The van der Waals surface area contributed by atoms with Gasteiger partial charge in [-0.1, -0.05) is 0 Å². The summed E-state index contributed by atoms with van der Waals surface area (Å²) in [5, 5.41) is 12.0. The van der Waals surface area contributed by atoms with Crippen LogP contribution in [0.15, 0.2) is 0 Å². The number of nitrogens with zero attached hydrogens (tertiary/aromatic N) is 1. The van der Waals surface area contributed by atoms with Gasteiger partial charge >= 0.3 is 0 Å². The van der Waals surface area contributed by atoms with Crippen molar-refractivity contribution in [3.63, 3.8) is 0 Å². The number of benzene rings is 1. The zero-order valence-electron chi connectivity index (χ0n) is 11.2. The maximum Gasteiger partial charge on any atom is 0.200 e. The third kappa shape index (κ3) is 3.57. The smallest absolute Gasteiger partial charge is 0.200 e. The summed E-state index contributed by atoms with van der Waals surface area (Å²) < 4.78 is 65.5. The summed E-state index contributed by atoms with van der Waals surface area (Å²) in [6.07, 6.45) is 0. The first-order valence-electron chi connectivity index (χ1n) is 5.69. The zero-order valence-corrected chi connectivity index (χ0v) is 11.2. The van der Waals surface area contributed by atoms with Gasteiger partial charge in [-0.3, -0.25) is 0 Å². The SMILES string of the molecule is CN(C)CC(C)(O)CNc1c(F)c(F)c(F)c(F)c1F. The van der Waals surface area contributed by atoms with Crippen LogP contribution >= 0.6 is 0 Å². The van der Waals surface area contributed by atoms with Crippen LogP contribution < -0.4 is 5.32 Å². The molecule has 0 radical (unpaired) electrons. The Kier molecular flexibility index (Phi) is 4.93. The van der Waals surface area contributed by atoms with Crippen LogP contribution in [0.4, 0.5) is 27.6 Å². The van der Waals surface area contributed by atoms with Gasteiger partial charge in [-0.05, 0) is 21.0 Å². The second-order valence-electron chi connectivity index (χ2n) is 5.03. The maximum absolute atomic E-state index is 13.4. The van der Waals surface area contributed by atoms with E-state index in [9.17, 15) is 27.1 Å². The first-order valence-corrected chi connectivity index (χ1v) is 5.69. The Hall–Kier alpha value is -1.41. The van der Waals surface area contributed by atoms with Crippen molar-refractivity contribution in [2.24, 2.45) is 0 Å². The molecular weight excluding hydrogens is 283 g/mol. The molecule has 0 aliphatic heterocycles. The van der Waals surface area contributed by atoms with E-state index in [0.29, 0.717) is 0 Å². The molecular formula is C12H15F5N2O. The molecule has 114 valence electrons. The number of hydrogen-bond donors (Lipinski definition) is 2. The van der Waals surface area contributed by atoms with Gasteiger partial charge in [-0.15, -0.1) is 0 Å². The topological polar surface area (TPSA) is 35.5 Å². The van der Waals surface area contributed by atoms with Gasteiger partial charge in [0.25, 0.3) is 0 Å². The monoisotopic (exact) mass is 298 g/mol. The average molecular weight is 298 g/mol. The first kappa shape index (κ1) is 16.6. The van der Waals surface area contributed by atoms with Crippen LogP contribution in [-0.2, 0) is 0 Å². The molecule has 0 saturated heterocycles. The number of aliphatic hydroxyl groups is 1. The summed E-state index contributed by atoms with van der Waals surface area (Å²) in [4.78, 5) is 1.61. The average Bonchev–Trinajstić information content (AvgIpc) is 2.32. The van der Waals surface area contributed by atoms with Gasteiger partial charge in [0.15, 0.2) is 23.3 Å². The minimum absolute atomic E-state index is 0.134. The van der Waals surface area contributed by atoms with E-state index < -0.39 is 40.4 Å². The summed E-state index contributed by atoms with van der Waals surface area (Å²) in [7, 11) is 3.32. The molecule has 0 heterocycles. The molecule has 0 saturated carbocycles. The molecule has 1 aromatic rings. The first-order chi connectivity index (χ1) is 9.07. The highest BCUT2D eigenvalue weighted by molar-refractivity contribution is 5.48. The summed E-state index contributed by atoms with van der Waals surface area (Å²) >= 11 is 0. The van der Waals surface area contributed by atoms with E-state index in [0.717, 1.165) is 0 Å². The third-order valence-electron chi connectivity index (χ3n) is 2.51. The van der Waals surface area contributed by atoms with Crippen LogP contribution in [0, 0.1) is 29.1 Å². The molecule has 8 heteroatoms. The Morgan fingerprint density at radius 1 is 0.950 bits per heavy atom. The lowest BCUT2D eigenvalue weighted by Crippen LogP contribution is -2.43. The van der Waals surface area contributed by atoms with E-state index in [1.807, 2.05) is 0 Å². The van der Waals surface area contributed by atoms with Gasteiger partial charge in [0, 0.05) is 13.1 Å². The van der Waals surface area contributed by atoms with E-state index in [1.165, 1.54) is 6.92 Å². The lowest BCUT2D eigenvalue weighted by Gasteiger charge is -2.27. The molecule has 1 rings (SSSR count). The summed E-state index contributed by atoms with van der Waals surface area (Å²) in [6.45, 7) is 1.12. The van der Waals surface area contributed by atoms with Gasteiger partial charge in [-0.2, -0.15) is 0 Å². The molecule has 0 amide bonds. The summed E-state index contributed by atoms with van der Waals surface area (Å²) in [5.41, 5.74) is -2.57. The van der Waals surface area contributed by atoms with E-state index in [-0.39, 0.29) is 13.1 Å². The highest BCUT2D eigenvalue weighted by Crippen LogP contribution is 2.27. The molecule has 20 heavy (non-hydrogen) atoms. The molecule has 1 aromatic carbocycles. The van der Waals surface area contributed by atoms with Crippen LogP contribution in [0.5, 0.6) is 0 Å². The Balaban J connectivity index is 3.00. The number of likely N-dealkylation sites (N-methyl/N-ethyl adjacent to an activating group) is 1. The second-order valence-corrected chi connectivity index (χ2v) is 5.03. The van der Waals surface area contributed by atoms with Gasteiger partial charge in [0.2, 0.25) is 5.82 Å². The normalized spacial score (nSPS) is 14.5. The molecule has 0 fully saturated rings. The van der Waals surface area contributed by atoms with Gasteiger partial charge in [-0.25, -0.2) is 22.0 Å². The summed E-state index contributed by atoms with van der Waals surface area (Å²) in [6, 6.07) is 0. The molecule has 0 aliphatic rings. The van der Waals surface area contributed by atoms with Crippen LogP contribution in [0.25, 0.3) is 0 Å². The van der Waals surface area contributed by atoms with E-state index in [1.54, 1.807) is 19.0 Å². The van der Waals surface area contributed by atoms with Crippen molar-refractivity contribution in [2.45, 2.75) is 12.5 Å². The standard InChI is InChI=1S/C12H15F5N2O/c1-12(20,5-19(2)3)4-18-11-9(16)7(14)6(13)8(15)10(11)17/h18,20H,4-5H2,1-3H3. The van der Waals surface area contributed by atoms with Crippen molar-refractivity contribution in [1.29, 1.82) is 0 Å². The Labute approximate surface area is 113 Å². The molecule has 0 aliphatic carbocycles. The fourth-order valence-electron chi connectivity index (χ4n) is 1.78. The molecule has 1 atom stereocenters. The summed E-state index contributed by atoms with van der Waals surface area (Å²) in [5.74, 6) is -10.2. The molecule has 0 spiro atoms. The lowest BCUT2D eigenvalue weighted by atomic mass is 10.1. The van der Waals surface area contributed by atoms with Crippen molar-refractivity contribution < 1.29 is 27.1 Å². The number of rotatable bonds is 5. The Morgan fingerprint density at radius 2 is 1.35 bits per heavy atom. The van der Waals surface area contributed by atoms with Crippen LogP contribution in [-0.4, -0.2) is 42.8 Å². The van der Waals surface area contributed by atoms with Crippen molar-refractivity contribution >= 4 is 5.69 Å². The van der Waals surface area contributed by atoms with Gasteiger partial charge in [0.05, 0.1) is 5.60 Å². The fraction of sp³-hybridized carbons (Fsp3) is 0.500. The van der Waals surface area contributed by atoms with E-state index >= 15 is 0 Å². The van der Waals surface area contributed by atoms with Gasteiger partial charge < -0.3 is 15.3 Å². The Bertz CT molecular complexity index is 476. The van der Waals surface area contributed by atoms with Crippen LogP contribution in [0.3, 0.4) is 0 Å². The van der Waals surface area contributed by atoms with Crippen LogP contribution in [0.2, 0.25) is 0 Å². The van der Waals surface area contributed by atoms with E-state index in [2.05, 4.69) is 5.32 Å².